The number of thioether (sulfide) groups is 1. The van der Waals surface area contributed by atoms with Gasteiger partial charge in [-0.2, -0.15) is 0 Å². The lowest BCUT2D eigenvalue weighted by atomic mass is 9.91. The molecule has 38 heavy (non-hydrogen) atoms. The first-order valence-corrected chi connectivity index (χ1v) is 13.5. The van der Waals surface area contributed by atoms with Crippen molar-refractivity contribution < 1.29 is 9.53 Å². The fraction of sp³-hybridized carbons (Fsp3) is 0.0909. The average Bonchev–Trinajstić information content (AvgIpc) is 3.41. The number of ether oxygens (including phenoxy) is 1. The molecule has 4 aromatic carbocycles. The lowest BCUT2D eigenvalue weighted by Gasteiger charge is -2.37. The summed E-state index contributed by atoms with van der Waals surface area (Å²) >= 11 is 1.58. The van der Waals surface area contributed by atoms with Crippen LogP contribution in [-0.2, 0) is 9.53 Å². The molecular formula is C33H26N2O2S. The van der Waals surface area contributed by atoms with E-state index < -0.39 is 0 Å². The van der Waals surface area contributed by atoms with Crippen molar-refractivity contribution in [3.63, 3.8) is 0 Å². The van der Waals surface area contributed by atoms with Gasteiger partial charge in [0.25, 0.3) is 0 Å². The maximum atomic E-state index is 13.6. The molecule has 0 aliphatic carbocycles. The minimum Gasteiger partial charge on any atom is -0.463 e. The SMILES string of the molecule is CCOC(=O)C1=C(c2ccccc2)N=C2SC=C(c3ccc(-c4ccccc4)cc3)N2[C@@H]1c1ccccc1. The summed E-state index contributed by atoms with van der Waals surface area (Å²) in [6.07, 6.45) is 0. The molecule has 0 amide bonds. The van der Waals surface area contributed by atoms with Crippen LogP contribution in [0.1, 0.15) is 29.7 Å². The second-order valence-corrected chi connectivity index (χ2v) is 9.83. The first kappa shape index (κ1) is 24.0. The van der Waals surface area contributed by atoms with Gasteiger partial charge in [0.2, 0.25) is 0 Å². The van der Waals surface area contributed by atoms with Crippen molar-refractivity contribution in [3.05, 3.63) is 143 Å². The highest BCUT2D eigenvalue weighted by molar-refractivity contribution is 8.16. The molecule has 186 valence electrons. The molecule has 6 rings (SSSR count). The lowest BCUT2D eigenvalue weighted by molar-refractivity contribution is -0.139. The molecule has 0 saturated heterocycles. The molecule has 0 spiro atoms. The first-order chi connectivity index (χ1) is 18.7. The Bertz CT molecular complexity index is 1540. The molecule has 0 fully saturated rings. The number of carbonyl (C=O) groups excluding carboxylic acids is 1. The molecule has 0 aromatic heterocycles. The summed E-state index contributed by atoms with van der Waals surface area (Å²) in [7, 11) is 0. The van der Waals surface area contributed by atoms with Gasteiger partial charge < -0.3 is 9.64 Å². The smallest absolute Gasteiger partial charge is 0.338 e. The van der Waals surface area contributed by atoms with Crippen LogP contribution in [0.3, 0.4) is 0 Å². The number of fused-ring (bicyclic) bond motifs is 1. The molecule has 0 N–H and O–H groups in total. The van der Waals surface area contributed by atoms with E-state index in [1.807, 2.05) is 73.7 Å². The Balaban J connectivity index is 1.48. The molecule has 4 aromatic rings. The standard InChI is InChI=1S/C33H26N2O2S/c1-2-37-32(36)29-30(26-14-8-4-9-15-26)34-33-35(31(29)27-16-10-5-11-17-27)28(22-38-33)25-20-18-24(19-21-25)23-12-6-3-7-13-23/h3-22,31H,2H2,1H3/t31-/m1/s1. The number of aliphatic imine (C=N–C) groups is 1. The van der Waals surface area contributed by atoms with Gasteiger partial charge in [-0.25, -0.2) is 9.79 Å². The van der Waals surface area contributed by atoms with Crippen LogP contribution in [0.15, 0.2) is 131 Å². The fourth-order valence-corrected chi connectivity index (χ4v) is 5.85. The fourth-order valence-electron chi connectivity index (χ4n) is 4.92. The highest BCUT2D eigenvalue weighted by atomic mass is 32.2. The second-order valence-electron chi connectivity index (χ2n) is 8.99. The van der Waals surface area contributed by atoms with Crippen LogP contribution < -0.4 is 0 Å². The Kier molecular flexibility index (Phi) is 6.67. The molecule has 2 aliphatic rings. The van der Waals surface area contributed by atoms with Gasteiger partial charge in [0.05, 0.1) is 29.6 Å². The summed E-state index contributed by atoms with van der Waals surface area (Å²) in [6, 6.07) is 38.6. The number of hydrogen-bond donors (Lipinski definition) is 0. The van der Waals surface area contributed by atoms with Crippen LogP contribution in [-0.4, -0.2) is 22.6 Å². The summed E-state index contributed by atoms with van der Waals surface area (Å²) in [5, 5.41) is 2.97. The monoisotopic (exact) mass is 514 g/mol. The van der Waals surface area contributed by atoms with E-state index in [9.17, 15) is 4.79 Å². The number of rotatable bonds is 6. The van der Waals surface area contributed by atoms with Crippen molar-refractivity contribution in [2.75, 3.05) is 6.61 Å². The zero-order valence-corrected chi connectivity index (χ0v) is 21.8. The predicted molar refractivity (Wildman–Crippen MR) is 156 cm³/mol. The van der Waals surface area contributed by atoms with Crippen molar-refractivity contribution >= 4 is 34.3 Å². The molecule has 5 heteroatoms. The van der Waals surface area contributed by atoms with Crippen molar-refractivity contribution in [2.24, 2.45) is 4.99 Å². The topological polar surface area (TPSA) is 41.9 Å². The molecule has 0 unspecified atom stereocenters. The average molecular weight is 515 g/mol. The number of nitrogens with zero attached hydrogens (tertiary/aromatic N) is 2. The molecule has 1 atom stereocenters. The van der Waals surface area contributed by atoms with Gasteiger partial charge in [-0.05, 0) is 29.2 Å². The number of esters is 1. The molecule has 2 aliphatic heterocycles. The van der Waals surface area contributed by atoms with Gasteiger partial charge in [0, 0.05) is 11.0 Å². The minimum atomic E-state index is -0.381. The molecule has 4 nitrogen and oxygen atoms in total. The van der Waals surface area contributed by atoms with Gasteiger partial charge in [-0.3, -0.25) is 0 Å². The van der Waals surface area contributed by atoms with Gasteiger partial charge in [-0.15, -0.1) is 0 Å². The van der Waals surface area contributed by atoms with E-state index in [0.717, 1.165) is 33.1 Å². The van der Waals surface area contributed by atoms with E-state index in [1.165, 1.54) is 5.56 Å². The lowest BCUT2D eigenvalue weighted by Crippen LogP contribution is -2.36. The summed E-state index contributed by atoms with van der Waals surface area (Å²) < 4.78 is 5.62. The van der Waals surface area contributed by atoms with Crippen molar-refractivity contribution in [1.29, 1.82) is 0 Å². The van der Waals surface area contributed by atoms with Gasteiger partial charge in [0.1, 0.15) is 0 Å². The molecule has 0 bridgehead atoms. The third kappa shape index (κ3) is 4.46. The van der Waals surface area contributed by atoms with Gasteiger partial charge >= 0.3 is 5.97 Å². The van der Waals surface area contributed by atoms with E-state index in [0.29, 0.717) is 17.9 Å². The number of carbonyl (C=O) groups is 1. The van der Waals surface area contributed by atoms with Crippen molar-refractivity contribution in [2.45, 2.75) is 13.0 Å². The largest absolute Gasteiger partial charge is 0.463 e. The number of benzene rings is 4. The Morgan fingerprint density at radius 2 is 1.32 bits per heavy atom. The Labute approximate surface area is 227 Å². The maximum Gasteiger partial charge on any atom is 0.338 e. The van der Waals surface area contributed by atoms with Crippen molar-refractivity contribution in [1.82, 2.24) is 4.90 Å². The van der Waals surface area contributed by atoms with E-state index in [1.54, 1.807) is 11.8 Å². The molecule has 2 heterocycles. The third-order valence-corrected chi connectivity index (χ3v) is 7.52. The van der Waals surface area contributed by atoms with E-state index in [-0.39, 0.29) is 12.0 Å². The van der Waals surface area contributed by atoms with Gasteiger partial charge in [-0.1, -0.05) is 127 Å². The van der Waals surface area contributed by atoms with Crippen LogP contribution >= 0.6 is 11.8 Å². The minimum absolute atomic E-state index is 0.293. The van der Waals surface area contributed by atoms with Crippen LogP contribution in [0.4, 0.5) is 0 Å². The summed E-state index contributed by atoms with van der Waals surface area (Å²) in [4.78, 5) is 20.8. The van der Waals surface area contributed by atoms with E-state index in [2.05, 4.69) is 58.8 Å². The van der Waals surface area contributed by atoms with Gasteiger partial charge in [0.15, 0.2) is 5.17 Å². The Morgan fingerprint density at radius 3 is 1.95 bits per heavy atom. The zero-order chi connectivity index (χ0) is 25.9. The van der Waals surface area contributed by atoms with Crippen LogP contribution in [0.2, 0.25) is 0 Å². The highest BCUT2D eigenvalue weighted by Crippen LogP contribution is 2.48. The maximum absolute atomic E-state index is 13.6. The second kappa shape index (κ2) is 10.6. The quantitative estimate of drug-likeness (QED) is 0.246. The number of hydrogen-bond acceptors (Lipinski definition) is 5. The first-order valence-electron chi connectivity index (χ1n) is 12.7. The predicted octanol–water partition coefficient (Wildman–Crippen LogP) is 7.79. The zero-order valence-electron chi connectivity index (χ0n) is 21.0. The highest BCUT2D eigenvalue weighted by Gasteiger charge is 2.42. The van der Waals surface area contributed by atoms with Crippen LogP contribution in [0.25, 0.3) is 22.5 Å². The number of amidine groups is 1. The third-order valence-electron chi connectivity index (χ3n) is 6.68. The van der Waals surface area contributed by atoms with Crippen LogP contribution in [0, 0.1) is 0 Å². The normalized spacial score (nSPS) is 16.6. The van der Waals surface area contributed by atoms with E-state index in [4.69, 9.17) is 9.73 Å². The Hall–Kier alpha value is -4.35. The molecule has 0 saturated carbocycles. The summed E-state index contributed by atoms with van der Waals surface area (Å²) in [5.41, 5.74) is 7.51. The van der Waals surface area contributed by atoms with Crippen molar-refractivity contribution in [3.8, 4) is 11.1 Å². The van der Waals surface area contributed by atoms with Crippen LogP contribution in [0.5, 0.6) is 0 Å². The van der Waals surface area contributed by atoms with E-state index >= 15 is 0 Å². The summed E-state index contributed by atoms with van der Waals surface area (Å²) in [6.45, 7) is 2.13. The summed E-state index contributed by atoms with van der Waals surface area (Å²) in [5.74, 6) is -0.348. The molecular weight excluding hydrogens is 488 g/mol. The molecule has 0 radical (unpaired) electrons. The Morgan fingerprint density at radius 1 is 0.763 bits per heavy atom.